The van der Waals surface area contributed by atoms with Crippen LogP contribution < -0.4 is 4.74 Å². The maximum Gasteiger partial charge on any atom is 0.344 e. The normalized spacial score (nSPS) is 10.4. The standard InChI is InChI=1S/C18H14FNO4/c19-14-8-6-13(7-9-14)17-10-15(20-24-17)11-23-18(21)12-22-16-4-2-1-3-5-16/h1-10H,11-12H2. The number of esters is 1. The largest absolute Gasteiger partial charge is 0.482 e. The first-order chi connectivity index (χ1) is 11.7. The molecule has 0 saturated heterocycles. The van der Waals surface area contributed by atoms with E-state index in [0.29, 0.717) is 22.8 Å². The van der Waals surface area contributed by atoms with Crippen molar-refractivity contribution in [1.29, 1.82) is 0 Å². The van der Waals surface area contributed by atoms with Gasteiger partial charge in [0.2, 0.25) is 0 Å². The zero-order valence-electron chi connectivity index (χ0n) is 12.6. The molecule has 1 aromatic heterocycles. The van der Waals surface area contributed by atoms with Crippen molar-refractivity contribution >= 4 is 5.97 Å². The fourth-order valence-electron chi connectivity index (χ4n) is 1.99. The van der Waals surface area contributed by atoms with Crippen molar-refractivity contribution in [2.24, 2.45) is 0 Å². The molecule has 0 aliphatic carbocycles. The summed E-state index contributed by atoms with van der Waals surface area (Å²) >= 11 is 0. The van der Waals surface area contributed by atoms with Gasteiger partial charge in [-0.05, 0) is 36.4 Å². The highest BCUT2D eigenvalue weighted by Gasteiger charge is 2.10. The molecule has 1 heterocycles. The van der Waals surface area contributed by atoms with Gasteiger partial charge >= 0.3 is 5.97 Å². The third-order valence-electron chi connectivity index (χ3n) is 3.17. The van der Waals surface area contributed by atoms with Crippen LogP contribution in [-0.4, -0.2) is 17.7 Å². The third-order valence-corrected chi connectivity index (χ3v) is 3.17. The van der Waals surface area contributed by atoms with Crippen LogP contribution in [0.25, 0.3) is 11.3 Å². The first kappa shape index (κ1) is 15.7. The lowest BCUT2D eigenvalue weighted by molar-refractivity contribution is -0.147. The fraction of sp³-hybridized carbons (Fsp3) is 0.111. The molecule has 2 aromatic carbocycles. The molecule has 122 valence electrons. The number of rotatable bonds is 6. The molecule has 0 aliphatic rings. The van der Waals surface area contributed by atoms with Gasteiger partial charge in [0, 0.05) is 11.6 Å². The predicted molar refractivity (Wildman–Crippen MR) is 83.6 cm³/mol. The van der Waals surface area contributed by atoms with Crippen LogP contribution >= 0.6 is 0 Å². The van der Waals surface area contributed by atoms with Crippen molar-refractivity contribution in [3.05, 3.63) is 72.2 Å². The highest BCUT2D eigenvalue weighted by molar-refractivity contribution is 5.71. The van der Waals surface area contributed by atoms with Gasteiger partial charge in [0.25, 0.3) is 0 Å². The minimum atomic E-state index is -0.509. The smallest absolute Gasteiger partial charge is 0.344 e. The van der Waals surface area contributed by atoms with Crippen molar-refractivity contribution in [1.82, 2.24) is 5.16 Å². The molecule has 24 heavy (non-hydrogen) atoms. The lowest BCUT2D eigenvalue weighted by Crippen LogP contribution is -2.14. The predicted octanol–water partition coefficient (Wildman–Crippen LogP) is 3.60. The summed E-state index contributed by atoms with van der Waals surface area (Å²) in [7, 11) is 0. The van der Waals surface area contributed by atoms with E-state index < -0.39 is 5.97 Å². The Morgan fingerprint density at radius 3 is 2.58 bits per heavy atom. The summed E-state index contributed by atoms with van der Waals surface area (Å²) in [4.78, 5) is 11.7. The highest BCUT2D eigenvalue weighted by Crippen LogP contribution is 2.20. The summed E-state index contributed by atoms with van der Waals surface area (Å²) in [6, 6.07) is 16.4. The number of carbonyl (C=O) groups excluding carboxylic acids is 1. The Morgan fingerprint density at radius 2 is 1.83 bits per heavy atom. The molecule has 3 aromatic rings. The molecular formula is C18H14FNO4. The zero-order chi connectivity index (χ0) is 16.8. The van der Waals surface area contributed by atoms with Crippen LogP contribution in [0.3, 0.4) is 0 Å². The summed E-state index contributed by atoms with van der Waals surface area (Å²) < 4.78 is 28.4. The van der Waals surface area contributed by atoms with Crippen LogP contribution in [0.15, 0.2) is 65.2 Å². The molecule has 0 saturated carbocycles. The van der Waals surface area contributed by atoms with Gasteiger partial charge < -0.3 is 14.0 Å². The molecule has 0 atom stereocenters. The Hall–Kier alpha value is -3.15. The van der Waals surface area contributed by atoms with Gasteiger partial charge in [-0.15, -0.1) is 0 Å². The van der Waals surface area contributed by atoms with E-state index in [0.717, 1.165) is 0 Å². The molecule has 0 aliphatic heterocycles. The van der Waals surface area contributed by atoms with Crippen molar-refractivity contribution in [3.8, 4) is 17.1 Å². The van der Waals surface area contributed by atoms with Crippen LogP contribution in [-0.2, 0) is 16.1 Å². The lowest BCUT2D eigenvalue weighted by Gasteiger charge is -2.05. The van der Waals surface area contributed by atoms with Gasteiger partial charge in [-0.2, -0.15) is 0 Å². The number of halogens is 1. The van der Waals surface area contributed by atoms with Crippen LogP contribution in [0.5, 0.6) is 5.75 Å². The number of benzene rings is 2. The van der Waals surface area contributed by atoms with Crippen molar-refractivity contribution in [3.63, 3.8) is 0 Å². The molecule has 0 spiro atoms. The second-order valence-corrected chi connectivity index (χ2v) is 4.95. The number of aromatic nitrogens is 1. The Morgan fingerprint density at radius 1 is 1.08 bits per heavy atom. The van der Waals surface area contributed by atoms with E-state index in [9.17, 15) is 9.18 Å². The molecule has 0 amide bonds. The summed E-state index contributed by atoms with van der Waals surface area (Å²) in [5, 5.41) is 3.82. The Labute approximate surface area is 137 Å². The number of ether oxygens (including phenoxy) is 2. The second-order valence-electron chi connectivity index (χ2n) is 4.95. The summed E-state index contributed by atoms with van der Waals surface area (Å²) in [5.74, 6) is 0.229. The van der Waals surface area contributed by atoms with E-state index >= 15 is 0 Å². The van der Waals surface area contributed by atoms with Gasteiger partial charge in [0.15, 0.2) is 12.4 Å². The van der Waals surface area contributed by atoms with E-state index in [2.05, 4.69) is 5.16 Å². The SMILES string of the molecule is O=C(COc1ccccc1)OCc1cc(-c2ccc(F)cc2)on1. The van der Waals surface area contributed by atoms with Gasteiger partial charge in [0.05, 0.1) is 0 Å². The van der Waals surface area contributed by atoms with Crippen LogP contribution in [0, 0.1) is 5.82 Å². The number of para-hydroxylation sites is 1. The molecule has 0 bridgehead atoms. The Kier molecular flexibility index (Phi) is 4.86. The van der Waals surface area contributed by atoms with Gasteiger partial charge in [-0.25, -0.2) is 9.18 Å². The minimum Gasteiger partial charge on any atom is -0.482 e. The minimum absolute atomic E-state index is 0.0261. The van der Waals surface area contributed by atoms with Gasteiger partial charge in [0.1, 0.15) is 23.9 Å². The topological polar surface area (TPSA) is 61.6 Å². The number of carbonyl (C=O) groups is 1. The number of hydrogen-bond donors (Lipinski definition) is 0. The lowest BCUT2D eigenvalue weighted by atomic mass is 10.1. The maximum atomic E-state index is 12.9. The number of nitrogens with zero attached hydrogens (tertiary/aromatic N) is 1. The Bertz CT molecular complexity index is 799. The second kappa shape index (κ2) is 7.41. The first-order valence-corrected chi connectivity index (χ1v) is 7.26. The van der Waals surface area contributed by atoms with E-state index in [-0.39, 0.29) is 19.0 Å². The third kappa shape index (κ3) is 4.19. The van der Waals surface area contributed by atoms with E-state index in [1.54, 1.807) is 30.3 Å². The quantitative estimate of drug-likeness (QED) is 0.647. The molecule has 0 radical (unpaired) electrons. The van der Waals surface area contributed by atoms with Crippen molar-refractivity contribution < 1.29 is 23.2 Å². The number of hydrogen-bond acceptors (Lipinski definition) is 5. The van der Waals surface area contributed by atoms with E-state index in [1.807, 2.05) is 18.2 Å². The van der Waals surface area contributed by atoms with Crippen LogP contribution in [0.1, 0.15) is 5.69 Å². The zero-order valence-corrected chi connectivity index (χ0v) is 12.6. The summed E-state index contributed by atoms with van der Waals surface area (Å²) in [6.45, 7) is -0.214. The van der Waals surface area contributed by atoms with Crippen LogP contribution in [0.4, 0.5) is 4.39 Å². The molecule has 0 N–H and O–H groups in total. The summed E-state index contributed by atoms with van der Waals surface area (Å²) in [5.41, 5.74) is 1.15. The highest BCUT2D eigenvalue weighted by atomic mass is 19.1. The molecule has 5 nitrogen and oxygen atoms in total. The molecule has 0 fully saturated rings. The van der Waals surface area contributed by atoms with E-state index in [4.69, 9.17) is 14.0 Å². The van der Waals surface area contributed by atoms with Crippen molar-refractivity contribution in [2.45, 2.75) is 6.61 Å². The maximum absolute atomic E-state index is 12.9. The molecule has 6 heteroatoms. The fourth-order valence-corrected chi connectivity index (χ4v) is 1.99. The molecule has 3 rings (SSSR count). The monoisotopic (exact) mass is 327 g/mol. The van der Waals surface area contributed by atoms with E-state index in [1.165, 1.54) is 12.1 Å². The summed E-state index contributed by atoms with van der Waals surface area (Å²) in [6.07, 6.45) is 0. The average molecular weight is 327 g/mol. The first-order valence-electron chi connectivity index (χ1n) is 7.26. The molecular weight excluding hydrogens is 313 g/mol. The Balaban J connectivity index is 1.50. The van der Waals surface area contributed by atoms with Gasteiger partial charge in [-0.1, -0.05) is 23.4 Å². The van der Waals surface area contributed by atoms with Gasteiger partial charge in [-0.3, -0.25) is 0 Å². The average Bonchev–Trinajstić information content (AvgIpc) is 3.09. The van der Waals surface area contributed by atoms with Crippen LogP contribution in [0.2, 0.25) is 0 Å². The van der Waals surface area contributed by atoms with Crippen molar-refractivity contribution in [2.75, 3.05) is 6.61 Å². The molecule has 0 unspecified atom stereocenters.